The van der Waals surface area contributed by atoms with E-state index in [0.717, 1.165) is 35.9 Å². The molecule has 3 heterocycles. The van der Waals surface area contributed by atoms with Crippen LogP contribution < -0.4 is 10.5 Å². The third-order valence-electron chi connectivity index (χ3n) is 4.66. The summed E-state index contributed by atoms with van der Waals surface area (Å²) in [6.45, 7) is 12.2. The van der Waals surface area contributed by atoms with Crippen LogP contribution in [-0.2, 0) is 12.0 Å². The Morgan fingerprint density at radius 2 is 2.04 bits per heavy atom. The quantitative estimate of drug-likeness (QED) is 0.856. The van der Waals surface area contributed by atoms with E-state index >= 15 is 0 Å². The third-order valence-corrected chi connectivity index (χ3v) is 5.77. The van der Waals surface area contributed by atoms with E-state index < -0.39 is 0 Å². The van der Waals surface area contributed by atoms with Gasteiger partial charge in [-0.25, -0.2) is 9.67 Å². The summed E-state index contributed by atoms with van der Waals surface area (Å²) in [5.41, 5.74) is 1.97. The lowest BCUT2D eigenvalue weighted by Crippen LogP contribution is -2.37. The standard InChI is InChI=1S/C18H26N4OS/c1-12-13(2)24-17(19-12)21-10-6-7-14(21)11-22-16(23)9-8-15(20-22)18(3,4)5/h8-9,14H,6-7,10-11H2,1-5H3. The summed E-state index contributed by atoms with van der Waals surface area (Å²) < 4.78 is 1.64. The first-order valence-electron chi connectivity index (χ1n) is 8.55. The van der Waals surface area contributed by atoms with Gasteiger partial charge in [-0.2, -0.15) is 5.10 Å². The van der Waals surface area contributed by atoms with Gasteiger partial charge in [-0.3, -0.25) is 4.79 Å². The van der Waals surface area contributed by atoms with Crippen molar-refractivity contribution in [3.63, 3.8) is 0 Å². The largest absolute Gasteiger partial charge is 0.343 e. The van der Waals surface area contributed by atoms with Gasteiger partial charge in [-0.15, -0.1) is 11.3 Å². The van der Waals surface area contributed by atoms with Gasteiger partial charge in [-0.05, 0) is 32.8 Å². The molecular weight excluding hydrogens is 320 g/mol. The first-order valence-corrected chi connectivity index (χ1v) is 9.36. The fourth-order valence-electron chi connectivity index (χ4n) is 3.04. The highest BCUT2D eigenvalue weighted by Gasteiger charge is 2.28. The molecule has 0 radical (unpaired) electrons. The molecule has 3 rings (SSSR count). The second-order valence-corrected chi connectivity index (χ2v) is 8.80. The summed E-state index contributed by atoms with van der Waals surface area (Å²) in [4.78, 5) is 20.6. The normalized spacial score (nSPS) is 18.4. The van der Waals surface area contributed by atoms with Crippen molar-refractivity contribution < 1.29 is 0 Å². The van der Waals surface area contributed by atoms with E-state index in [1.807, 2.05) is 6.07 Å². The minimum Gasteiger partial charge on any atom is -0.343 e. The molecule has 24 heavy (non-hydrogen) atoms. The lowest BCUT2D eigenvalue weighted by atomic mass is 9.92. The van der Waals surface area contributed by atoms with Crippen molar-refractivity contribution in [2.75, 3.05) is 11.4 Å². The Morgan fingerprint density at radius 3 is 2.67 bits per heavy atom. The Balaban J connectivity index is 1.86. The Labute approximate surface area is 147 Å². The molecule has 1 fully saturated rings. The first-order chi connectivity index (χ1) is 11.3. The average Bonchev–Trinajstić information content (AvgIpc) is 3.07. The van der Waals surface area contributed by atoms with Crippen molar-refractivity contribution in [2.24, 2.45) is 0 Å². The van der Waals surface area contributed by atoms with Crippen molar-refractivity contribution in [2.45, 2.75) is 65.5 Å². The van der Waals surface area contributed by atoms with Gasteiger partial charge in [0.05, 0.1) is 24.0 Å². The molecule has 0 spiro atoms. The van der Waals surface area contributed by atoms with Crippen LogP contribution in [0.1, 0.15) is 49.9 Å². The smallest absolute Gasteiger partial charge is 0.266 e. The highest BCUT2D eigenvalue weighted by molar-refractivity contribution is 7.15. The predicted molar refractivity (Wildman–Crippen MR) is 99.2 cm³/mol. The Hall–Kier alpha value is -1.69. The van der Waals surface area contributed by atoms with E-state index in [1.165, 1.54) is 4.88 Å². The first kappa shape index (κ1) is 17.1. The summed E-state index contributed by atoms with van der Waals surface area (Å²) in [5.74, 6) is 0. The highest BCUT2D eigenvalue weighted by Crippen LogP contribution is 2.31. The molecule has 0 bridgehead atoms. The molecule has 0 saturated carbocycles. The molecule has 1 atom stereocenters. The van der Waals surface area contributed by atoms with Gasteiger partial charge in [0.25, 0.3) is 5.56 Å². The van der Waals surface area contributed by atoms with Gasteiger partial charge in [-0.1, -0.05) is 20.8 Å². The number of hydrogen-bond acceptors (Lipinski definition) is 5. The Kier molecular flexibility index (Phi) is 4.51. The molecule has 0 aliphatic carbocycles. The number of rotatable bonds is 3. The molecule has 1 aliphatic heterocycles. The van der Waals surface area contributed by atoms with E-state index in [9.17, 15) is 4.79 Å². The molecule has 1 unspecified atom stereocenters. The van der Waals surface area contributed by atoms with E-state index in [4.69, 9.17) is 4.98 Å². The average molecular weight is 347 g/mol. The molecule has 130 valence electrons. The SMILES string of the molecule is Cc1nc(N2CCCC2Cn2nc(C(C)(C)C)ccc2=O)sc1C. The van der Waals surface area contributed by atoms with Crippen molar-refractivity contribution in [1.82, 2.24) is 14.8 Å². The summed E-state index contributed by atoms with van der Waals surface area (Å²) in [7, 11) is 0. The maximum atomic E-state index is 12.3. The Bertz CT molecular complexity index is 768. The monoisotopic (exact) mass is 346 g/mol. The topological polar surface area (TPSA) is 51.0 Å². The van der Waals surface area contributed by atoms with Crippen LogP contribution in [-0.4, -0.2) is 27.4 Å². The molecule has 5 nitrogen and oxygen atoms in total. The van der Waals surface area contributed by atoms with Crippen LogP contribution in [0.3, 0.4) is 0 Å². The minimum absolute atomic E-state index is 0.0265. The molecule has 6 heteroatoms. The van der Waals surface area contributed by atoms with Gasteiger partial charge in [0, 0.05) is 22.9 Å². The van der Waals surface area contributed by atoms with Crippen LogP contribution in [0, 0.1) is 13.8 Å². The van der Waals surface area contributed by atoms with Gasteiger partial charge in [0.1, 0.15) is 0 Å². The molecule has 0 aromatic carbocycles. The van der Waals surface area contributed by atoms with E-state index in [0.29, 0.717) is 6.54 Å². The zero-order valence-electron chi connectivity index (χ0n) is 15.2. The van der Waals surface area contributed by atoms with Crippen LogP contribution in [0.15, 0.2) is 16.9 Å². The lowest BCUT2D eigenvalue weighted by Gasteiger charge is -2.25. The maximum Gasteiger partial charge on any atom is 0.266 e. The summed E-state index contributed by atoms with van der Waals surface area (Å²) >= 11 is 1.74. The van der Waals surface area contributed by atoms with Crippen molar-refractivity contribution in [3.8, 4) is 0 Å². The van der Waals surface area contributed by atoms with Crippen molar-refractivity contribution in [1.29, 1.82) is 0 Å². The van der Waals surface area contributed by atoms with E-state index in [1.54, 1.807) is 22.1 Å². The number of aromatic nitrogens is 3. The van der Waals surface area contributed by atoms with Crippen molar-refractivity contribution in [3.05, 3.63) is 38.8 Å². The number of aryl methyl sites for hydroxylation is 2. The second-order valence-electron chi connectivity index (χ2n) is 7.62. The second kappa shape index (κ2) is 6.31. The molecule has 1 aliphatic rings. The summed E-state index contributed by atoms with van der Waals surface area (Å²) in [6, 6.07) is 3.78. The van der Waals surface area contributed by atoms with E-state index in [2.05, 4.69) is 44.6 Å². The third kappa shape index (κ3) is 3.38. The molecular formula is C18H26N4OS. The number of anilines is 1. The molecule has 0 amide bonds. The minimum atomic E-state index is -0.0612. The van der Waals surface area contributed by atoms with Crippen LogP contribution in [0.2, 0.25) is 0 Å². The lowest BCUT2D eigenvalue weighted by molar-refractivity contribution is 0.457. The van der Waals surface area contributed by atoms with Gasteiger partial charge >= 0.3 is 0 Å². The van der Waals surface area contributed by atoms with Gasteiger partial charge < -0.3 is 4.90 Å². The molecule has 0 N–H and O–H groups in total. The molecule has 2 aromatic heterocycles. The van der Waals surface area contributed by atoms with E-state index in [-0.39, 0.29) is 17.0 Å². The van der Waals surface area contributed by atoms with Crippen LogP contribution in [0.5, 0.6) is 0 Å². The van der Waals surface area contributed by atoms with Crippen molar-refractivity contribution >= 4 is 16.5 Å². The van der Waals surface area contributed by atoms with Gasteiger partial charge in [0.15, 0.2) is 5.13 Å². The zero-order chi connectivity index (χ0) is 17.5. The fraction of sp³-hybridized carbons (Fsp3) is 0.611. The predicted octanol–water partition coefficient (Wildman–Crippen LogP) is 3.28. The van der Waals surface area contributed by atoms with Gasteiger partial charge in [0.2, 0.25) is 0 Å². The number of nitrogens with zero attached hydrogens (tertiary/aromatic N) is 4. The summed E-state index contributed by atoms with van der Waals surface area (Å²) in [5, 5.41) is 5.69. The fourth-order valence-corrected chi connectivity index (χ4v) is 4.04. The molecule has 2 aromatic rings. The highest BCUT2D eigenvalue weighted by atomic mass is 32.1. The van der Waals surface area contributed by atoms with Crippen LogP contribution in [0.4, 0.5) is 5.13 Å². The number of thiazole rings is 1. The zero-order valence-corrected chi connectivity index (χ0v) is 16.0. The Morgan fingerprint density at radius 1 is 1.29 bits per heavy atom. The van der Waals surface area contributed by atoms with Crippen LogP contribution in [0.25, 0.3) is 0 Å². The molecule has 1 saturated heterocycles. The summed E-state index contributed by atoms with van der Waals surface area (Å²) in [6.07, 6.45) is 2.21. The maximum absolute atomic E-state index is 12.3. The number of hydrogen-bond donors (Lipinski definition) is 0. The van der Waals surface area contributed by atoms with Crippen LogP contribution >= 0.6 is 11.3 Å².